The first-order valence-electron chi connectivity index (χ1n) is 7.82. The molecule has 2 aromatic rings. The highest BCUT2D eigenvalue weighted by molar-refractivity contribution is 5.85. The lowest BCUT2D eigenvalue weighted by molar-refractivity contribution is -0.143. The van der Waals surface area contributed by atoms with Gasteiger partial charge in [-0.05, 0) is 43.4 Å². The van der Waals surface area contributed by atoms with Crippen molar-refractivity contribution in [2.24, 2.45) is 7.05 Å². The van der Waals surface area contributed by atoms with Crippen LogP contribution in [0, 0.1) is 0 Å². The van der Waals surface area contributed by atoms with Crippen LogP contribution in [-0.2, 0) is 17.3 Å². The molecule has 1 N–H and O–H groups in total. The predicted octanol–water partition coefficient (Wildman–Crippen LogP) is 3.35. The van der Waals surface area contributed by atoms with Crippen LogP contribution in [0.25, 0.3) is 11.0 Å². The van der Waals surface area contributed by atoms with E-state index in [0.29, 0.717) is 5.92 Å². The molecule has 1 aromatic carbocycles. The second kappa shape index (κ2) is 4.33. The summed E-state index contributed by atoms with van der Waals surface area (Å²) in [6.45, 7) is 0. The van der Waals surface area contributed by atoms with Gasteiger partial charge in [0.2, 0.25) is 0 Å². The average molecular weight is 284 g/mol. The van der Waals surface area contributed by atoms with Gasteiger partial charge in [-0.25, -0.2) is 4.98 Å². The SMILES string of the molecule is Cn1c(C2CC2)nc2cc(C3(C(=O)O)CCCC3)ccc21. The number of carboxylic acid groups (broad SMARTS) is 1. The van der Waals surface area contributed by atoms with Gasteiger partial charge < -0.3 is 9.67 Å². The first-order chi connectivity index (χ1) is 10.1. The molecule has 0 spiro atoms. The van der Waals surface area contributed by atoms with Gasteiger partial charge in [-0.2, -0.15) is 0 Å². The van der Waals surface area contributed by atoms with Crippen LogP contribution in [0.3, 0.4) is 0 Å². The topological polar surface area (TPSA) is 55.1 Å². The maximum atomic E-state index is 11.8. The van der Waals surface area contributed by atoms with Crippen molar-refractivity contribution in [3.8, 4) is 0 Å². The average Bonchev–Trinajstić information content (AvgIpc) is 3.08. The Hall–Kier alpha value is -1.84. The fraction of sp³-hybridized carbons (Fsp3) is 0.529. The molecule has 4 rings (SSSR count). The third kappa shape index (κ3) is 1.81. The molecule has 4 nitrogen and oxygen atoms in total. The Morgan fingerprint density at radius 1 is 1.33 bits per heavy atom. The second-order valence-electron chi connectivity index (χ2n) is 6.60. The normalized spacial score (nSPS) is 21.0. The summed E-state index contributed by atoms with van der Waals surface area (Å²) in [5.41, 5.74) is 2.30. The summed E-state index contributed by atoms with van der Waals surface area (Å²) in [4.78, 5) is 16.6. The van der Waals surface area contributed by atoms with Crippen molar-refractivity contribution in [3.63, 3.8) is 0 Å². The summed E-state index contributed by atoms with van der Waals surface area (Å²) in [6, 6.07) is 6.06. The molecule has 0 bridgehead atoms. The van der Waals surface area contributed by atoms with Crippen LogP contribution in [0.4, 0.5) is 0 Å². The van der Waals surface area contributed by atoms with Crippen LogP contribution in [-0.4, -0.2) is 20.6 Å². The minimum absolute atomic E-state index is 0.603. The lowest BCUT2D eigenvalue weighted by Crippen LogP contribution is -2.32. The minimum Gasteiger partial charge on any atom is -0.481 e. The van der Waals surface area contributed by atoms with Crippen LogP contribution >= 0.6 is 0 Å². The maximum Gasteiger partial charge on any atom is 0.314 e. The summed E-state index contributed by atoms with van der Waals surface area (Å²) in [7, 11) is 2.06. The summed E-state index contributed by atoms with van der Waals surface area (Å²) >= 11 is 0. The molecule has 21 heavy (non-hydrogen) atoms. The van der Waals surface area contributed by atoms with Gasteiger partial charge in [-0.1, -0.05) is 18.9 Å². The number of hydrogen-bond acceptors (Lipinski definition) is 2. The van der Waals surface area contributed by atoms with E-state index in [1.165, 1.54) is 12.8 Å². The molecule has 0 saturated heterocycles. The maximum absolute atomic E-state index is 11.8. The van der Waals surface area contributed by atoms with Crippen LogP contribution in [0.2, 0.25) is 0 Å². The van der Waals surface area contributed by atoms with Gasteiger partial charge in [-0.15, -0.1) is 0 Å². The van der Waals surface area contributed by atoms with E-state index >= 15 is 0 Å². The first kappa shape index (κ1) is 12.9. The Bertz CT molecular complexity index is 722. The summed E-state index contributed by atoms with van der Waals surface area (Å²) in [5.74, 6) is 1.07. The van der Waals surface area contributed by atoms with Crippen LogP contribution in [0.1, 0.15) is 55.8 Å². The Labute approximate surface area is 123 Å². The minimum atomic E-state index is -0.689. The standard InChI is InChI=1S/C17H20N2O2/c1-19-14-7-6-12(17(16(20)21)8-2-3-9-17)10-13(14)18-15(19)11-4-5-11/h6-7,10-11H,2-5,8-9H2,1H3,(H,20,21). The predicted molar refractivity (Wildman–Crippen MR) is 80.5 cm³/mol. The van der Waals surface area contributed by atoms with Gasteiger partial charge in [0.1, 0.15) is 5.82 Å². The fourth-order valence-electron chi connectivity index (χ4n) is 3.83. The number of nitrogens with zero attached hydrogens (tertiary/aromatic N) is 2. The number of carbonyl (C=O) groups is 1. The van der Waals surface area contributed by atoms with Crippen LogP contribution in [0.15, 0.2) is 18.2 Å². The number of aryl methyl sites for hydroxylation is 1. The van der Waals surface area contributed by atoms with E-state index in [1.54, 1.807) is 0 Å². The molecular formula is C17H20N2O2. The third-order valence-electron chi connectivity index (χ3n) is 5.28. The quantitative estimate of drug-likeness (QED) is 0.940. The van der Waals surface area contributed by atoms with Crippen molar-refractivity contribution in [3.05, 3.63) is 29.6 Å². The van der Waals surface area contributed by atoms with Crippen LogP contribution < -0.4 is 0 Å². The molecule has 110 valence electrons. The van der Waals surface area contributed by atoms with E-state index in [0.717, 1.165) is 48.1 Å². The van der Waals surface area contributed by atoms with Crippen molar-refractivity contribution in [2.75, 3.05) is 0 Å². The van der Waals surface area contributed by atoms with Crippen molar-refractivity contribution in [1.29, 1.82) is 0 Å². The Kier molecular flexibility index (Phi) is 2.65. The van der Waals surface area contributed by atoms with Gasteiger partial charge in [0.05, 0.1) is 16.4 Å². The molecule has 2 aliphatic rings. The van der Waals surface area contributed by atoms with E-state index in [2.05, 4.69) is 11.6 Å². The Morgan fingerprint density at radius 2 is 2.05 bits per heavy atom. The zero-order valence-electron chi connectivity index (χ0n) is 12.3. The molecule has 4 heteroatoms. The molecular weight excluding hydrogens is 264 g/mol. The molecule has 2 saturated carbocycles. The van der Waals surface area contributed by atoms with E-state index < -0.39 is 11.4 Å². The van der Waals surface area contributed by atoms with Crippen molar-refractivity contribution >= 4 is 17.0 Å². The van der Waals surface area contributed by atoms with Gasteiger partial charge in [0, 0.05) is 13.0 Å². The van der Waals surface area contributed by atoms with Gasteiger partial charge >= 0.3 is 5.97 Å². The molecule has 0 radical (unpaired) electrons. The molecule has 0 unspecified atom stereocenters. The van der Waals surface area contributed by atoms with Gasteiger partial charge in [0.15, 0.2) is 0 Å². The van der Waals surface area contributed by atoms with E-state index in [1.807, 2.05) is 18.2 Å². The second-order valence-corrected chi connectivity index (χ2v) is 6.60. The monoisotopic (exact) mass is 284 g/mol. The highest BCUT2D eigenvalue weighted by atomic mass is 16.4. The zero-order valence-corrected chi connectivity index (χ0v) is 12.3. The Balaban J connectivity index is 1.85. The number of aromatic nitrogens is 2. The summed E-state index contributed by atoms with van der Waals surface area (Å²) < 4.78 is 2.17. The summed E-state index contributed by atoms with van der Waals surface area (Å²) in [6.07, 6.45) is 5.94. The van der Waals surface area contributed by atoms with E-state index in [4.69, 9.17) is 4.98 Å². The lowest BCUT2D eigenvalue weighted by Gasteiger charge is -2.24. The Morgan fingerprint density at radius 3 is 2.67 bits per heavy atom. The van der Waals surface area contributed by atoms with Crippen molar-refractivity contribution in [1.82, 2.24) is 9.55 Å². The number of hydrogen-bond donors (Lipinski definition) is 1. The smallest absolute Gasteiger partial charge is 0.314 e. The number of fused-ring (bicyclic) bond motifs is 1. The molecule has 0 amide bonds. The molecule has 1 aromatic heterocycles. The lowest BCUT2D eigenvalue weighted by atomic mass is 9.79. The molecule has 1 heterocycles. The fourth-order valence-corrected chi connectivity index (χ4v) is 3.83. The van der Waals surface area contributed by atoms with Crippen LogP contribution in [0.5, 0.6) is 0 Å². The molecule has 0 atom stereocenters. The highest BCUT2D eigenvalue weighted by Gasteiger charge is 2.43. The molecule has 2 aliphatic carbocycles. The summed E-state index contributed by atoms with van der Waals surface area (Å²) in [5, 5.41) is 9.72. The number of rotatable bonds is 3. The first-order valence-corrected chi connectivity index (χ1v) is 7.82. The zero-order chi connectivity index (χ0) is 14.6. The van der Waals surface area contributed by atoms with Crippen molar-refractivity contribution in [2.45, 2.75) is 49.9 Å². The van der Waals surface area contributed by atoms with E-state index in [-0.39, 0.29) is 0 Å². The molecule has 2 fully saturated rings. The third-order valence-corrected chi connectivity index (χ3v) is 5.28. The highest BCUT2D eigenvalue weighted by Crippen LogP contribution is 2.43. The molecule has 0 aliphatic heterocycles. The van der Waals surface area contributed by atoms with Gasteiger partial charge in [-0.3, -0.25) is 4.79 Å². The largest absolute Gasteiger partial charge is 0.481 e. The number of aliphatic carboxylic acids is 1. The number of carboxylic acids is 1. The number of benzene rings is 1. The van der Waals surface area contributed by atoms with Gasteiger partial charge in [0.25, 0.3) is 0 Å². The van der Waals surface area contributed by atoms with E-state index in [9.17, 15) is 9.90 Å². The van der Waals surface area contributed by atoms with Crippen molar-refractivity contribution < 1.29 is 9.90 Å². The number of imidazole rings is 1.